The van der Waals surface area contributed by atoms with Gasteiger partial charge in [0.2, 0.25) is 5.95 Å². The summed E-state index contributed by atoms with van der Waals surface area (Å²) in [4.78, 5) is 23.4. The summed E-state index contributed by atoms with van der Waals surface area (Å²) < 4.78 is 5.12. The van der Waals surface area contributed by atoms with Crippen LogP contribution in [-0.4, -0.2) is 29.5 Å². The van der Waals surface area contributed by atoms with Gasteiger partial charge in [-0.1, -0.05) is 18.2 Å². The molecule has 0 fully saturated rings. The highest BCUT2D eigenvalue weighted by Crippen LogP contribution is 2.31. The monoisotopic (exact) mass is 360 g/mol. The van der Waals surface area contributed by atoms with Gasteiger partial charge >= 0.3 is 0 Å². The lowest BCUT2D eigenvalue weighted by Crippen LogP contribution is -2.26. The molecule has 0 spiro atoms. The van der Waals surface area contributed by atoms with Crippen LogP contribution in [-0.2, 0) is 6.42 Å². The summed E-state index contributed by atoms with van der Waals surface area (Å²) in [5.41, 5.74) is 3.54. The second-order valence-electron chi connectivity index (χ2n) is 6.34. The summed E-state index contributed by atoms with van der Waals surface area (Å²) in [5, 5.41) is 2.84. The minimum absolute atomic E-state index is 0.245. The summed E-state index contributed by atoms with van der Waals surface area (Å²) in [5.74, 6) is 1.11. The number of aromatic nitrogens is 2. The number of methoxy groups -OCH3 is 1. The average Bonchev–Trinajstić information content (AvgIpc) is 2.74. The van der Waals surface area contributed by atoms with Gasteiger partial charge in [0.05, 0.1) is 12.7 Å². The van der Waals surface area contributed by atoms with E-state index in [0.29, 0.717) is 17.2 Å². The number of rotatable bonds is 4. The molecule has 0 saturated carbocycles. The number of para-hydroxylation sites is 1. The van der Waals surface area contributed by atoms with Crippen molar-refractivity contribution in [1.29, 1.82) is 0 Å². The van der Waals surface area contributed by atoms with E-state index in [2.05, 4.69) is 38.4 Å². The number of anilines is 3. The molecule has 0 atom stereocenters. The Morgan fingerprint density at radius 2 is 1.81 bits per heavy atom. The maximum Gasteiger partial charge on any atom is 0.258 e. The largest absolute Gasteiger partial charge is 0.497 e. The van der Waals surface area contributed by atoms with Crippen molar-refractivity contribution < 1.29 is 9.53 Å². The summed E-state index contributed by atoms with van der Waals surface area (Å²) in [6.07, 6.45) is 5.26. The molecule has 2 aromatic carbocycles. The van der Waals surface area contributed by atoms with Gasteiger partial charge in [0.15, 0.2) is 0 Å². The molecule has 0 unspecified atom stereocenters. The minimum Gasteiger partial charge on any atom is -0.497 e. The van der Waals surface area contributed by atoms with Crippen LogP contribution >= 0.6 is 0 Å². The van der Waals surface area contributed by atoms with E-state index in [9.17, 15) is 4.79 Å². The lowest BCUT2D eigenvalue weighted by atomic mass is 10.0. The number of hydrogen-bond acceptors (Lipinski definition) is 5. The van der Waals surface area contributed by atoms with Crippen molar-refractivity contribution in [3.63, 3.8) is 0 Å². The van der Waals surface area contributed by atoms with Gasteiger partial charge in [-0.3, -0.25) is 4.79 Å². The van der Waals surface area contributed by atoms with Crippen LogP contribution in [0.25, 0.3) is 0 Å². The van der Waals surface area contributed by atoms with E-state index >= 15 is 0 Å². The lowest BCUT2D eigenvalue weighted by Gasteiger charge is -2.29. The predicted octanol–water partition coefficient (Wildman–Crippen LogP) is 3.82. The number of aryl methyl sites for hydroxylation is 1. The van der Waals surface area contributed by atoms with Crippen LogP contribution in [0, 0.1) is 0 Å². The van der Waals surface area contributed by atoms with Crippen LogP contribution in [0.2, 0.25) is 0 Å². The first-order chi connectivity index (χ1) is 13.2. The van der Waals surface area contributed by atoms with Crippen molar-refractivity contribution in [2.45, 2.75) is 12.8 Å². The maximum atomic E-state index is 12.4. The zero-order valence-corrected chi connectivity index (χ0v) is 15.1. The molecule has 2 heterocycles. The van der Waals surface area contributed by atoms with Crippen molar-refractivity contribution in [3.05, 3.63) is 72.1 Å². The van der Waals surface area contributed by atoms with E-state index in [1.54, 1.807) is 43.8 Å². The van der Waals surface area contributed by atoms with E-state index in [-0.39, 0.29) is 5.91 Å². The van der Waals surface area contributed by atoms with Crippen LogP contribution in [0.3, 0.4) is 0 Å². The normalized spacial score (nSPS) is 13.0. The number of nitrogens with one attached hydrogen (secondary N) is 1. The molecule has 1 aromatic heterocycles. The van der Waals surface area contributed by atoms with Crippen LogP contribution in [0.15, 0.2) is 60.9 Å². The average molecular weight is 360 g/mol. The molecular weight excluding hydrogens is 340 g/mol. The third-order valence-corrected chi connectivity index (χ3v) is 4.60. The van der Waals surface area contributed by atoms with E-state index in [1.807, 2.05) is 6.07 Å². The number of amides is 1. The molecule has 6 nitrogen and oxygen atoms in total. The molecule has 1 aliphatic rings. The van der Waals surface area contributed by atoms with Crippen LogP contribution in [0.4, 0.5) is 17.3 Å². The molecule has 6 heteroatoms. The highest BCUT2D eigenvalue weighted by atomic mass is 16.5. The van der Waals surface area contributed by atoms with Gasteiger partial charge in [-0.15, -0.1) is 0 Å². The Bertz CT molecular complexity index is 939. The molecule has 0 saturated heterocycles. The minimum atomic E-state index is -0.245. The molecule has 4 rings (SSSR count). The molecule has 0 bridgehead atoms. The summed E-state index contributed by atoms with van der Waals surface area (Å²) in [7, 11) is 1.60. The molecule has 136 valence electrons. The van der Waals surface area contributed by atoms with Crippen molar-refractivity contribution in [3.8, 4) is 5.75 Å². The van der Waals surface area contributed by atoms with E-state index in [0.717, 1.165) is 30.8 Å². The molecule has 0 radical (unpaired) electrons. The number of benzene rings is 2. The van der Waals surface area contributed by atoms with E-state index in [1.165, 1.54) is 5.56 Å². The van der Waals surface area contributed by atoms with Crippen molar-refractivity contribution in [2.75, 3.05) is 23.9 Å². The smallest absolute Gasteiger partial charge is 0.258 e. The SMILES string of the molecule is COc1ccc(NC(=O)c2cnc(N3CCCc4ccccc43)nc2)cc1. The fourth-order valence-corrected chi connectivity index (χ4v) is 3.20. The highest BCUT2D eigenvalue weighted by Gasteiger charge is 2.20. The molecule has 1 N–H and O–H groups in total. The molecular formula is C21H20N4O2. The van der Waals surface area contributed by atoms with Crippen molar-refractivity contribution in [1.82, 2.24) is 9.97 Å². The number of hydrogen-bond donors (Lipinski definition) is 1. The van der Waals surface area contributed by atoms with E-state index < -0.39 is 0 Å². The first kappa shape index (κ1) is 17.0. The third-order valence-electron chi connectivity index (χ3n) is 4.60. The number of carbonyl (C=O) groups is 1. The lowest BCUT2D eigenvalue weighted by molar-refractivity contribution is 0.102. The summed E-state index contributed by atoms with van der Waals surface area (Å²) in [6, 6.07) is 15.5. The number of fused-ring (bicyclic) bond motifs is 1. The fraction of sp³-hybridized carbons (Fsp3) is 0.190. The summed E-state index contributed by atoms with van der Waals surface area (Å²) in [6.45, 7) is 0.869. The third kappa shape index (κ3) is 3.60. The van der Waals surface area contributed by atoms with Gasteiger partial charge in [-0.2, -0.15) is 0 Å². The van der Waals surface area contributed by atoms with Crippen molar-refractivity contribution >= 4 is 23.2 Å². The number of nitrogens with zero attached hydrogens (tertiary/aromatic N) is 3. The molecule has 27 heavy (non-hydrogen) atoms. The standard InChI is InChI=1S/C21H20N4O2/c1-27-18-10-8-17(9-11-18)24-20(26)16-13-22-21(23-14-16)25-12-4-6-15-5-2-3-7-19(15)25/h2-3,5,7-11,13-14H,4,6,12H2,1H3,(H,24,26). The van der Waals surface area contributed by atoms with Gasteiger partial charge in [-0.25, -0.2) is 9.97 Å². The van der Waals surface area contributed by atoms with Gasteiger partial charge in [0, 0.05) is 30.3 Å². The maximum absolute atomic E-state index is 12.4. The number of carbonyl (C=O) groups excluding carboxylic acids is 1. The van der Waals surface area contributed by atoms with Crippen LogP contribution in [0.5, 0.6) is 5.75 Å². The van der Waals surface area contributed by atoms with Gasteiger partial charge in [-0.05, 0) is 48.7 Å². The Labute approximate surface area is 157 Å². The Morgan fingerprint density at radius 3 is 2.56 bits per heavy atom. The Kier molecular flexibility index (Phi) is 4.70. The quantitative estimate of drug-likeness (QED) is 0.766. The van der Waals surface area contributed by atoms with Gasteiger partial charge in [0.1, 0.15) is 5.75 Å². The van der Waals surface area contributed by atoms with Crippen LogP contribution in [0.1, 0.15) is 22.3 Å². The second-order valence-corrected chi connectivity index (χ2v) is 6.34. The Hall–Kier alpha value is -3.41. The van der Waals surface area contributed by atoms with Crippen molar-refractivity contribution in [2.24, 2.45) is 0 Å². The first-order valence-corrected chi connectivity index (χ1v) is 8.87. The fourth-order valence-electron chi connectivity index (χ4n) is 3.20. The summed E-state index contributed by atoms with van der Waals surface area (Å²) >= 11 is 0. The van der Waals surface area contributed by atoms with Gasteiger partial charge in [0.25, 0.3) is 5.91 Å². The second kappa shape index (κ2) is 7.45. The first-order valence-electron chi connectivity index (χ1n) is 8.87. The Morgan fingerprint density at radius 1 is 1.07 bits per heavy atom. The Balaban J connectivity index is 1.50. The number of ether oxygens (including phenoxy) is 1. The van der Waals surface area contributed by atoms with Crippen LogP contribution < -0.4 is 15.0 Å². The molecule has 1 amide bonds. The van der Waals surface area contributed by atoms with Gasteiger partial charge < -0.3 is 15.0 Å². The topological polar surface area (TPSA) is 67.3 Å². The molecule has 0 aliphatic carbocycles. The zero-order chi connectivity index (χ0) is 18.6. The zero-order valence-electron chi connectivity index (χ0n) is 15.1. The van der Waals surface area contributed by atoms with E-state index in [4.69, 9.17) is 4.74 Å². The molecule has 1 aliphatic heterocycles. The highest BCUT2D eigenvalue weighted by molar-refractivity contribution is 6.03. The predicted molar refractivity (Wildman–Crippen MR) is 105 cm³/mol. The molecule has 3 aromatic rings.